The highest BCUT2D eigenvalue weighted by Crippen LogP contribution is 2.12. The van der Waals surface area contributed by atoms with E-state index in [2.05, 4.69) is 30.4 Å². The van der Waals surface area contributed by atoms with E-state index in [4.69, 9.17) is 0 Å². The van der Waals surface area contributed by atoms with E-state index in [1.165, 1.54) is 5.56 Å². The molecule has 4 nitrogen and oxygen atoms in total. The van der Waals surface area contributed by atoms with Crippen LogP contribution in [0.3, 0.4) is 0 Å². The lowest BCUT2D eigenvalue weighted by Gasteiger charge is -2.23. The molecule has 1 aromatic rings. The molecule has 0 saturated heterocycles. The van der Waals surface area contributed by atoms with Crippen molar-refractivity contribution in [2.75, 3.05) is 19.6 Å². The fourth-order valence-corrected chi connectivity index (χ4v) is 3.60. The van der Waals surface area contributed by atoms with Crippen molar-refractivity contribution in [2.24, 2.45) is 0 Å². The van der Waals surface area contributed by atoms with E-state index in [0.29, 0.717) is 4.90 Å². The third-order valence-electron chi connectivity index (χ3n) is 3.56. The number of sulfonamides is 1. The number of likely N-dealkylation sites (N-methyl/N-ethyl adjacent to an activating group) is 1. The highest BCUT2D eigenvalue weighted by molar-refractivity contribution is 7.89. The van der Waals surface area contributed by atoms with Gasteiger partial charge in [0, 0.05) is 12.6 Å². The van der Waals surface area contributed by atoms with Crippen molar-refractivity contribution in [2.45, 2.75) is 51.5 Å². The van der Waals surface area contributed by atoms with Crippen LogP contribution in [0.2, 0.25) is 0 Å². The molecule has 0 saturated carbocycles. The topological polar surface area (TPSA) is 49.4 Å². The van der Waals surface area contributed by atoms with Crippen molar-refractivity contribution in [1.29, 1.82) is 0 Å². The van der Waals surface area contributed by atoms with Crippen LogP contribution in [0.5, 0.6) is 0 Å². The van der Waals surface area contributed by atoms with Crippen LogP contribution in [0, 0.1) is 0 Å². The van der Waals surface area contributed by atoms with Gasteiger partial charge in [0.05, 0.1) is 4.90 Å². The molecule has 0 aliphatic rings. The normalized spacial score (nSPS) is 13.6. The number of hydrogen-bond acceptors (Lipinski definition) is 3. The van der Waals surface area contributed by atoms with Crippen LogP contribution in [0.1, 0.15) is 39.7 Å². The summed E-state index contributed by atoms with van der Waals surface area (Å²) in [5, 5.41) is 0. The summed E-state index contributed by atoms with van der Waals surface area (Å²) in [6, 6.07) is 7.07. The molecule has 120 valence electrons. The molecular formula is C16H28N2O2S. The average Bonchev–Trinajstić information content (AvgIpc) is 2.45. The maximum Gasteiger partial charge on any atom is 0.240 e. The van der Waals surface area contributed by atoms with Crippen LogP contribution < -0.4 is 4.72 Å². The van der Waals surface area contributed by atoms with E-state index >= 15 is 0 Å². The van der Waals surface area contributed by atoms with Gasteiger partial charge in [0.15, 0.2) is 0 Å². The molecule has 1 unspecified atom stereocenters. The molecule has 21 heavy (non-hydrogen) atoms. The van der Waals surface area contributed by atoms with Crippen LogP contribution in [-0.2, 0) is 16.4 Å². The first-order chi connectivity index (χ1) is 9.92. The molecule has 0 aliphatic carbocycles. The molecule has 0 spiro atoms. The molecule has 0 radical (unpaired) electrons. The van der Waals surface area contributed by atoms with Gasteiger partial charge in [0.2, 0.25) is 10.0 Å². The number of nitrogens with zero attached hydrogens (tertiary/aromatic N) is 1. The quantitative estimate of drug-likeness (QED) is 0.762. The number of rotatable bonds is 9. The SMILES string of the molecule is CCCc1ccc(S(=O)(=O)NC(C)CN(CC)CC)cc1. The number of aryl methyl sites for hydroxylation is 1. The minimum absolute atomic E-state index is 0.106. The minimum Gasteiger partial charge on any atom is -0.302 e. The Hall–Kier alpha value is -0.910. The van der Waals surface area contributed by atoms with Crippen LogP contribution in [0.4, 0.5) is 0 Å². The molecular weight excluding hydrogens is 284 g/mol. The van der Waals surface area contributed by atoms with Crippen molar-refractivity contribution < 1.29 is 8.42 Å². The van der Waals surface area contributed by atoms with E-state index in [1.807, 2.05) is 19.1 Å². The Kier molecular flexibility index (Phi) is 7.35. The van der Waals surface area contributed by atoms with Gasteiger partial charge >= 0.3 is 0 Å². The third kappa shape index (κ3) is 5.77. The zero-order valence-electron chi connectivity index (χ0n) is 13.6. The lowest BCUT2D eigenvalue weighted by atomic mass is 10.1. The van der Waals surface area contributed by atoms with E-state index in [-0.39, 0.29) is 6.04 Å². The summed E-state index contributed by atoms with van der Waals surface area (Å²) < 4.78 is 27.4. The summed E-state index contributed by atoms with van der Waals surface area (Å²) in [5.74, 6) is 0. The van der Waals surface area contributed by atoms with Crippen LogP contribution in [0.15, 0.2) is 29.2 Å². The Labute approximate surface area is 129 Å². The van der Waals surface area contributed by atoms with Gasteiger partial charge in [-0.15, -0.1) is 0 Å². The second-order valence-corrected chi connectivity index (χ2v) is 7.12. The summed E-state index contributed by atoms with van der Waals surface area (Å²) >= 11 is 0. The molecule has 1 rings (SSSR count). The van der Waals surface area contributed by atoms with E-state index in [0.717, 1.165) is 32.5 Å². The van der Waals surface area contributed by atoms with Crippen LogP contribution in [0.25, 0.3) is 0 Å². The molecule has 0 fully saturated rings. The molecule has 0 heterocycles. The lowest BCUT2D eigenvalue weighted by Crippen LogP contribution is -2.41. The van der Waals surface area contributed by atoms with Crippen molar-refractivity contribution in [3.8, 4) is 0 Å². The summed E-state index contributed by atoms with van der Waals surface area (Å²) in [4.78, 5) is 2.55. The van der Waals surface area contributed by atoms with Gasteiger partial charge in [0.25, 0.3) is 0 Å². The van der Waals surface area contributed by atoms with Gasteiger partial charge in [0.1, 0.15) is 0 Å². The third-order valence-corrected chi connectivity index (χ3v) is 5.16. The van der Waals surface area contributed by atoms with Crippen LogP contribution >= 0.6 is 0 Å². The number of hydrogen-bond donors (Lipinski definition) is 1. The predicted molar refractivity (Wildman–Crippen MR) is 88.0 cm³/mol. The van der Waals surface area contributed by atoms with Gasteiger partial charge in [-0.2, -0.15) is 0 Å². The van der Waals surface area contributed by atoms with Crippen molar-refractivity contribution in [1.82, 2.24) is 9.62 Å². The lowest BCUT2D eigenvalue weighted by molar-refractivity contribution is 0.282. The fourth-order valence-electron chi connectivity index (χ4n) is 2.36. The summed E-state index contributed by atoms with van der Waals surface area (Å²) in [5.41, 5.74) is 1.17. The Morgan fingerprint density at radius 1 is 1.10 bits per heavy atom. The fraction of sp³-hybridized carbons (Fsp3) is 0.625. The monoisotopic (exact) mass is 312 g/mol. The maximum atomic E-state index is 12.3. The average molecular weight is 312 g/mol. The highest BCUT2D eigenvalue weighted by Gasteiger charge is 2.18. The molecule has 1 N–H and O–H groups in total. The van der Waals surface area contributed by atoms with Crippen molar-refractivity contribution in [3.63, 3.8) is 0 Å². The first kappa shape index (κ1) is 18.1. The van der Waals surface area contributed by atoms with Crippen molar-refractivity contribution in [3.05, 3.63) is 29.8 Å². The largest absolute Gasteiger partial charge is 0.302 e. The molecule has 0 aliphatic heterocycles. The van der Waals surface area contributed by atoms with Gasteiger partial charge in [-0.25, -0.2) is 13.1 Å². The molecule has 0 bridgehead atoms. The van der Waals surface area contributed by atoms with Gasteiger partial charge in [-0.3, -0.25) is 0 Å². The Morgan fingerprint density at radius 2 is 1.67 bits per heavy atom. The number of nitrogens with one attached hydrogen (secondary N) is 1. The summed E-state index contributed by atoms with van der Waals surface area (Å²) in [7, 11) is -3.43. The second-order valence-electron chi connectivity index (χ2n) is 5.40. The van der Waals surface area contributed by atoms with Crippen molar-refractivity contribution >= 4 is 10.0 Å². The van der Waals surface area contributed by atoms with E-state index < -0.39 is 10.0 Å². The standard InChI is InChI=1S/C16H28N2O2S/c1-5-8-15-9-11-16(12-10-15)21(19,20)17-14(4)13-18(6-2)7-3/h9-12,14,17H,5-8,13H2,1-4H3. The van der Waals surface area contributed by atoms with Gasteiger partial charge < -0.3 is 4.90 Å². The highest BCUT2D eigenvalue weighted by atomic mass is 32.2. The summed E-state index contributed by atoms with van der Waals surface area (Å²) in [6.45, 7) is 10.7. The Bertz CT molecular complexity index is 508. The Balaban J connectivity index is 2.72. The van der Waals surface area contributed by atoms with Crippen LogP contribution in [-0.4, -0.2) is 39.0 Å². The molecule has 0 amide bonds. The second kappa shape index (κ2) is 8.51. The van der Waals surface area contributed by atoms with Gasteiger partial charge in [-0.1, -0.05) is 39.3 Å². The molecule has 5 heteroatoms. The maximum absolute atomic E-state index is 12.3. The number of benzene rings is 1. The molecule has 1 aromatic carbocycles. The molecule has 0 aromatic heterocycles. The predicted octanol–water partition coefficient (Wildman–Crippen LogP) is 2.65. The minimum atomic E-state index is -3.43. The smallest absolute Gasteiger partial charge is 0.240 e. The zero-order chi connectivity index (χ0) is 15.9. The van der Waals surface area contributed by atoms with Gasteiger partial charge in [-0.05, 0) is 44.1 Å². The Morgan fingerprint density at radius 3 is 2.14 bits per heavy atom. The molecule has 1 atom stereocenters. The van der Waals surface area contributed by atoms with E-state index in [9.17, 15) is 8.42 Å². The first-order valence-electron chi connectivity index (χ1n) is 7.76. The zero-order valence-corrected chi connectivity index (χ0v) is 14.4. The summed E-state index contributed by atoms with van der Waals surface area (Å²) in [6.07, 6.45) is 2.04. The van der Waals surface area contributed by atoms with E-state index in [1.54, 1.807) is 12.1 Å². The first-order valence-corrected chi connectivity index (χ1v) is 9.24.